The molecule has 0 saturated heterocycles. The van der Waals surface area contributed by atoms with Crippen LogP contribution in [0.4, 0.5) is 0 Å². The molecular weight excluding hydrogens is 96.1 g/mol. The lowest BCUT2D eigenvalue weighted by molar-refractivity contribution is 1.40. The first-order valence-electron chi connectivity index (χ1n) is 2.73. The Kier molecular flexibility index (Phi) is 5.61. The first-order chi connectivity index (χ1) is 3.91. The van der Waals surface area contributed by atoms with Crippen LogP contribution in [0.3, 0.4) is 0 Å². The molecule has 0 saturated carbocycles. The topological polar surface area (TPSA) is 0 Å². The molecule has 0 heteroatoms. The van der Waals surface area contributed by atoms with Crippen molar-refractivity contribution >= 4 is 0 Å². The minimum Gasteiger partial charge on any atom is -0.0877 e. The van der Waals surface area contributed by atoms with Crippen molar-refractivity contribution in [2.45, 2.75) is 13.3 Å². The summed E-state index contributed by atoms with van der Waals surface area (Å²) in [5.41, 5.74) is 0. The highest BCUT2D eigenvalue weighted by atomic mass is 13.7. The molecule has 43 valence electrons. The molecule has 0 unspecified atom stereocenters. The normalized spacial score (nSPS) is 11.1. The molecule has 0 rings (SSSR count). The zero-order chi connectivity index (χ0) is 6.24. The van der Waals surface area contributed by atoms with Gasteiger partial charge >= 0.3 is 0 Å². The highest BCUT2D eigenvalue weighted by Crippen LogP contribution is 1.82. The number of allylic oxidation sites excluding steroid dienone is 5. The largest absolute Gasteiger partial charge is 0.0877 e. The van der Waals surface area contributed by atoms with Gasteiger partial charge in [-0.3, -0.25) is 0 Å². The van der Waals surface area contributed by atoms with Crippen molar-refractivity contribution in [3.05, 3.63) is 37.0 Å². The van der Waals surface area contributed by atoms with Gasteiger partial charge in [0.1, 0.15) is 0 Å². The lowest BCUT2D eigenvalue weighted by Crippen LogP contribution is -1.52. The second-order valence-corrected chi connectivity index (χ2v) is 1.43. The van der Waals surface area contributed by atoms with E-state index in [1.807, 2.05) is 31.2 Å². The Bertz CT molecular complexity index is 96.6. The molecule has 0 spiro atoms. The molecule has 1 radical (unpaired) electrons. The summed E-state index contributed by atoms with van der Waals surface area (Å²) in [5, 5.41) is 0. The molecule has 0 bridgehead atoms. The molecule has 0 aliphatic carbocycles. The molecule has 0 aromatic carbocycles. The fraction of sp³-hybridized carbons (Fsp3) is 0.250. The molecule has 0 aliphatic rings. The molecule has 0 atom stereocenters. The van der Waals surface area contributed by atoms with Crippen LogP contribution in [0.2, 0.25) is 0 Å². The SMILES string of the molecule is [CH]=CCC=CC=CC. The average molecular weight is 107 g/mol. The first-order valence-corrected chi connectivity index (χ1v) is 2.73. The van der Waals surface area contributed by atoms with Crippen molar-refractivity contribution in [1.82, 2.24) is 0 Å². The van der Waals surface area contributed by atoms with E-state index in [0.717, 1.165) is 6.42 Å². The van der Waals surface area contributed by atoms with Crippen LogP contribution in [0.25, 0.3) is 0 Å². The summed E-state index contributed by atoms with van der Waals surface area (Å²) < 4.78 is 0. The minimum absolute atomic E-state index is 0.852. The number of hydrogen-bond acceptors (Lipinski definition) is 0. The third kappa shape index (κ3) is 5.22. The van der Waals surface area contributed by atoms with Crippen LogP contribution in [-0.4, -0.2) is 0 Å². The van der Waals surface area contributed by atoms with Gasteiger partial charge in [-0.15, -0.1) is 0 Å². The van der Waals surface area contributed by atoms with E-state index in [1.54, 1.807) is 6.08 Å². The predicted molar refractivity (Wildman–Crippen MR) is 37.4 cm³/mol. The summed E-state index contributed by atoms with van der Waals surface area (Å²) in [7, 11) is 0. The van der Waals surface area contributed by atoms with Gasteiger partial charge in [0, 0.05) is 0 Å². The Morgan fingerprint density at radius 2 is 2.12 bits per heavy atom. The van der Waals surface area contributed by atoms with E-state index >= 15 is 0 Å². The van der Waals surface area contributed by atoms with E-state index in [0.29, 0.717) is 0 Å². The molecule has 0 N–H and O–H groups in total. The molecule has 8 heavy (non-hydrogen) atoms. The second kappa shape index (κ2) is 6.22. The Morgan fingerprint density at radius 3 is 2.62 bits per heavy atom. The molecule has 0 aromatic heterocycles. The summed E-state index contributed by atoms with van der Waals surface area (Å²) in [4.78, 5) is 0. The van der Waals surface area contributed by atoms with Crippen molar-refractivity contribution < 1.29 is 0 Å². The van der Waals surface area contributed by atoms with Gasteiger partial charge in [0.15, 0.2) is 0 Å². The van der Waals surface area contributed by atoms with Crippen molar-refractivity contribution in [3.63, 3.8) is 0 Å². The maximum atomic E-state index is 5.11. The van der Waals surface area contributed by atoms with Crippen LogP contribution in [0.15, 0.2) is 30.4 Å². The first kappa shape index (κ1) is 7.22. The van der Waals surface area contributed by atoms with Gasteiger partial charge in [0.25, 0.3) is 0 Å². The number of hydrogen-bond donors (Lipinski definition) is 0. The van der Waals surface area contributed by atoms with Gasteiger partial charge in [-0.2, -0.15) is 0 Å². The van der Waals surface area contributed by atoms with E-state index in [4.69, 9.17) is 6.58 Å². The standard InChI is InChI=1S/C8H11/c1-3-5-7-8-6-4-2/h1,3-4,6-8H,5H2,2H3. The van der Waals surface area contributed by atoms with Crippen LogP contribution in [0, 0.1) is 6.58 Å². The maximum Gasteiger partial charge on any atom is -0.0163 e. The van der Waals surface area contributed by atoms with Crippen molar-refractivity contribution in [3.8, 4) is 0 Å². The van der Waals surface area contributed by atoms with Crippen LogP contribution >= 0.6 is 0 Å². The molecule has 0 amide bonds. The second-order valence-electron chi connectivity index (χ2n) is 1.43. The van der Waals surface area contributed by atoms with Gasteiger partial charge in [-0.05, 0) is 13.3 Å². The zero-order valence-electron chi connectivity index (χ0n) is 5.17. The van der Waals surface area contributed by atoms with Crippen LogP contribution in [-0.2, 0) is 0 Å². The van der Waals surface area contributed by atoms with Gasteiger partial charge in [-0.25, -0.2) is 0 Å². The Labute approximate surface area is 51.2 Å². The summed E-state index contributed by atoms with van der Waals surface area (Å²) in [5.74, 6) is 0. The fourth-order valence-corrected chi connectivity index (χ4v) is 0.347. The molecule has 0 fully saturated rings. The summed E-state index contributed by atoms with van der Waals surface area (Å²) in [6.45, 7) is 7.09. The molecule has 0 nitrogen and oxygen atoms in total. The smallest absolute Gasteiger partial charge is 0.0163 e. The minimum atomic E-state index is 0.852. The average Bonchev–Trinajstić information content (AvgIpc) is 1.81. The van der Waals surface area contributed by atoms with Crippen molar-refractivity contribution in [1.29, 1.82) is 0 Å². The van der Waals surface area contributed by atoms with Crippen LogP contribution in [0.5, 0.6) is 0 Å². The van der Waals surface area contributed by atoms with Gasteiger partial charge < -0.3 is 0 Å². The maximum absolute atomic E-state index is 5.11. The Hall–Kier alpha value is -0.780. The highest BCUT2D eigenvalue weighted by Gasteiger charge is 1.61. The molecular formula is C8H11. The lowest BCUT2D eigenvalue weighted by Gasteiger charge is -1.73. The molecule has 0 aromatic rings. The van der Waals surface area contributed by atoms with Gasteiger partial charge in [0.05, 0.1) is 0 Å². The molecule has 0 heterocycles. The Balaban J connectivity index is 3.19. The highest BCUT2D eigenvalue weighted by molar-refractivity contribution is 5.02. The summed E-state index contributed by atoms with van der Waals surface area (Å²) in [6, 6.07) is 0. The lowest BCUT2D eigenvalue weighted by atomic mass is 10.3. The number of rotatable bonds is 3. The third-order valence-corrected chi connectivity index (χ3v) is 0.712. The monoisotopic (exact) mass is 107 g/mol. The van der Waals surface area contributed by atoms with E-state index in [-0.39, 0.29) is 0 Å². The quantitative estimate of drug-likeness (QED) is 0.486. The summed E-state index contributed by atoms with van der Waals surface area (Å²) in [6.07, 6.45) is 10.4. The zero-order valence-corrected chi connectivity index (χ0v) is 5.17. The van der Waals surface area contributed by atoms with E-state index in [1.165, 1.54) is 0 Å². The summed E-state index contributed by atoms with van der Waals surface area (Å²) >= 11 is 0. The van der Waals surface area contributed by atoms with E-state index < -0.39 is 0 Å². The van der Waals surface area contributed by atoms with E-state index in [9.17, 15) is 0 Å². The van der Waals surface area contributed by atoms with Gasteiger partial charge in [-0.1, -0.05) is 37.0 Å². The van der Waals surface area contributed by atoms with Crippen molar-refractivity contribution in [2.75, 3.05) is 0 Å². The fourth-order valence-electron chi connectivity index (χ4n) is 0.347. The predicted octanol–water partition coefficient (Wildman–Crippen LogP) is 2.50. The third-order valence-electron chi connectivity index (χ3n) is 0.712. The van der Waals surface area contributed by atoms with E-state index in [2.05, 4.69) is 0 Å². The van der Waals surface area contributed by atoms with Crippen molar-refractivity contribution in [2.24, 2.45) is 0 Å². The Morgan fingerprint density at radius 1 is 1.38 bits per heavy atom. The molecule has 0 aliphatic heterocycles. The van der Waals surface area contributed by atoms with Gasteiger partial charge in [0.2, 0.25) is 0 Å². The van der Waals surface area contributed by atoms with Crippen LogP contribution < -0.4 is 0 Å². The van der Waals surface area contributed by atoms with Crippen LogP contribution in [0.1, 0.15) is 13.3 Å².